The van der Waals surface area contributed by atoms with Crippen LogP contribution in [0.1, 0.15) is 10.4 Å². The summed E-state index contributed by atoms with van der Waals surface area (Å²) in [5.41, 5.74) is 0.568. The summed E-state index contributed by atoms with van der Waals surface area (Å²) in [6, 6.07) is 18.5. The highest BCUT2D eigenvalue weighted by Gasteiger charge is 2.06. The number of benzene rings is 2. The maximum Gasteiger partial charge on any atom is 0.251 e. The van der Waals surface area contributed by atoms with E-state index in [-0.39, 0.29) is 5.91 Å². The van der Waals surface area contributed by atoms with E-state index >= 15 is 0 Å². The Labute approximate surface area is 134 Å². The molecule has 0 atom stereocenters. The summed E-state index contributed by atoms with van der Waals surface area (Å²) in [7, 11) is 0. The van der Waals surface area contributed by atoms with Crippen LogP contribution < -0.4 is 10.1 Å². The van der Waals surface area contributed by atoms with Crippen molar-refractivity contribution in [2.24, 2.45) is 0 Å². The van der Waals surface area contributed by atoms with Gasteiger partial charge in [0.1, 0.15) is 11.5 Å². The summed E-state index contributed by atoms with van der Waals surface area (Å²) in [4.78, 5) is 12.2. The molecule has 1 heterocycles. The second kappa shape index (κ2) is 7.26. The summed E-state index contributed by atoms with van der Waals surface area (Å²) >= 11 is 0. The maximum absolute atomic E-state index is 12.2. The first-order valence-corrected chi connectivity index (χ1v) is 7.40. The third-order valence-corrected chi connectivity index (χ3v) is 3.26. The van der Waals surface area contributed by atoms with Gasteiger partial charge < -0.3 is 10.1 Å². The molecule has 5 nitrogen and oxygen atoms in total. The van der Waals surface area contributed by atoms with Gasteiger partial charge in [-0.3, -0.25) is 9.48 Å². The van der Waals surface area contributed by atoms with E-state index in [0.29, 0.717) is 24.4 Å². The highest BCUT2D eigenvalue weighted by molar-refractivity contribution is 5.94. The van der Waals surface area contributed by atoms with Gasteiger partial charge in [0.15, 0.2) is 0 Å². The van der Waals surface area contributed by atoms with Crippen molar-refractivity contribution in [3.8, 4) is 11.5 Å². The molecule has 0 unspecified atom stereocenters. The number of nitrogens with one attached hydrogen (secondary N) is 1. The number of carbonyl (C=O) groups is 1. The molecule has 0 aliphatic rings. The van der Waals surface area contributed by atoms with Crippen LogP contribution in [0.5, 0.6) is 11.5 Å². The topological polar surface area (TPSA) is 56.2 Å². The molecule has 0 spiro atoms. The Hall–Kier alpha value is -3.08. The molecule has 0 aliphatic carbocycles. The van der Waals surface area contributed by atoms with Crippen LogP contribution in [0.25, 0.3) is 0 Å². The predicted octanol–water partition coefficient (Wildman–Crippen LogP) is 3.11. The second-order valence-corrected chi connectivity index (χ2v) is 4.97. The number of hydrogen-bond donors (Lipinski definition) is 1. The minimum atomic E-state index is -0.129. The summed E-state index contributed by atoms with van der Waals surface area (Å²) in [5, 5.41) is 6.97. The summed E-state index contributed by atoms with van der Waals surface area (Å²) in [6.45, 7) is 1.16. The Kier molecular flexibility index (Phi) is 4.69. The third-order valence-electron chi connectivity index (χ3n) is 3.26. The van der Waals surface area contributed by atoms with Crippen molar-refractivity contribution >= 4 is 5.91 Å². The van der Waals surface area contributed by atoms with Crippen molar-refractivity contribution in [3.63, 3.8) is 0 Å². The molecule has 0 saturated carbocycles. The maximum atomic E-state index is 12.2. The van der Waals surface area contributed by atoms with Gasteiger partial charge >= 0.3 is 0 Å². The van der Waals surface area contributed by atoms with Gasteiger partial charge in [0, 0.05) is 24.5 Å². The minimum absolute atomic E-state index is 0.129. The van der Waals surface area contributed by atoms with E-state index < -0.39 is 0 Å². The molecule has 0 fully saturated rings. The van der Waals surface area contributed by atoms with Gasteiger partial charge in [0.2, 0.25) is 0 Å². The van der Waals surface area contributed by atoms with Crippen LogP contribution in [-0.2, 0) is 6.54 Å². The highest BCUT2D eigenvalue weighted by atomic mass is 16.5. The number of hydrogen-bond acceptors (Lipinski definition) is 3. The van der Waals surface area contributed by atoms with Gasteiger partial charge in [-0.05, 0) is 36.4 Å². The molecule has 1 aromatic heterocycles. The molecule has 0 bridgehead atoms. The lowest BCUT2D eigenvalue weighted by molar-refractivity contribution is 0.0951. The first-order chi connectivity index (χ1) is 11.3. The van der Waals surface area contributed by atoms with Crippen molar-refractivity contribution in [3.05, 3.63) is 78.6 Å². The lowest BCUT2D eigenvalue weighted by Crippen LogP contribution is -2.27. The molecule has 0 aliphatic heterocycles. The first kappa shape index (κ1) is 14.8. The van der Waals surface area contributed by atoms with E-state index in [2.05, 4.69) is 10.4 Å². The molecule has 0 radical (unpaired) electrons. The summed E-state index contributed by atoms with van der Waals surface area (Å²) in [6.07, 6.45) is 3.58. The fraction of sp³-hybridized carbons (Fsp3) is 0.111. The third kappa shape index (κ3) is 4.20. The molecular weight excluding hydrogens is 290 g/mol. The van der Waals surface area contributed by atoms with Gasteiger partial charge in [0.25, 0.3) is 5.91 Å². The predicted molar refractivity (Wildman–Crippen MR) is 87.5 cm³/mol. The zero-order valence-electron chi connectivity index (χ0n) is 12.6. The molecule has 3 aromatic rings. The molecular formula is C18H17N3O2. The monoisotopic (exact) mass is 307 g/mol. The lowest BCUT2D eigenvalue weighted by Gasteiger charge is -2.08. The van der Waals surface area contributed by atoms with Crippen molar-refractivity contribution < 1.29 is 9.53 Å². The first-order valence-electron chi connectivity index (χ1n) is 7.40. The molecule has 0 saturated heterocycles. The highest BCUT2D eigenvalue weighted by Crippen LogP contribution is 2.21. The van der Waals surface area contributed by atoms with Crippen LogP contribution in [0.15, 0.2) is 73.1 Å². The second-order valence-electron chi connectivity index (χ2n) is 4.97. The largest absolute Gasteiger partial charge is 0.457 e. The van der Waals surface area contributed by atoms with Gasteiger partial charge in [-0.15, -0.1) is 0 Å². The van der Waals surface area contributed by atoms with Crippen molar-refractivity contribution in [2.45, 2.75) is 6.54 Å². The number of ether oxygens (including phenoxy) is 1. The Morgan fingerprint density at radius 3 is 2.65 bits per heavy atom. The standard InChI is InChI=1S/C18H17N3O2/c22-18(19-11-13-21-12-5-10-20-21)15-6-4-9-17(14-15)23-16-7-2-1-3-8-16/h1-10,12,14H,11,13H2,(H,19,22). The van der Waals surface area contributed by atoms with Crippen LogP contribution in [0.2, 0.25) is 0 Å². The van der Waals surface area contributed by atoms with Gasteiger partial charge in [-0.2, -0.15) is 5.10 Å². The summed E-state index contributed by atoms with van der Waals surface area (Å²) < 4.78 is 7.51. The summed E-state index contributed by atoms with van der Waals surface area (Å²) in [5.74, 6) is 1.25. The molecule has 1 N–H and O–H groups in total. The Morgan fingerprint density at radius 1 is 1.04 bits per heavy atom. The fourth-order valence-electron chi connectivity index (χ4n) is 2.14. The average molecular weight is 307 g/mol. The Bertz CT molecular complexity index is 755. The van der Waals surface area contributed by atoms with E-state index in [1.165, 1.54) is 0 Å². The van der Waals surface area contributed by atoms with E-state index in [1.807, 2.05) is 48.7 Å². The molecule has 5 heteroatoms. The lowest BCUT2D eigenvalue weighted by atomic mass is 10.2. The normalized spacial score (nSPS) is 10.3. The van der Waals surface area contributed by atoms with Gasteiger partial charge in [-0.25, -0.2) is 0 Å². The zero-order chi connectivity index (χ0) is 15.9. The van der Waals surface area contributed by atoms with Crippen molar-refractivity contribution in [2.75, 3.05) is 6.54 Å². The number of rotatable bonds is 6. The molecule has 116 valence electrons. The Balaban J connectivity index is 1.59. The Morgan fingerprint density at radius 2 is 1.87 bits per heavy atom. The quantitative estimate of drug-likeness (QED) is 0.761. The van der Waals surface area contributed by atoms with Gasteiger partial charge in [0.05, 0.1) is 6.54 Å². The van der Waals surface area contributed by atoms with Crippen LogP contribution >= 0.6 is 0 Å². The number of aromatic nitrogens is 2. The average Bonchev–Trinajstić information content (AvgIpc) is 3.09. The molecule has 2 aromatic carbocycles. The minimum Gasteiger partial charge on any atom is -0.457 e. The zero-order valence-corrected chi connectivity index (χ0v) is 12.6. The van der Waals surface area contributed by atoms with E-state index in [1.54, 1.807) is 29.1 Å². The number of carbonyl (C=O) groups excluding carboxylic acids is 1. The molecule has 1 amide bonds. The van der Waals surface area contributed by atoms with Crippen molar-refractivity contribution in [1.82, 2.24) is 15.1 Å². The van der Waals surface area contributed by atoms with E-state index in [0.717, 1.165) is 5.75 Å². The SMILES string of the molecule is O=C(NCCn1cccn1)c1cccc(Oc2ccccc2)c1. The molecule has 23 heavy (non-hydrogen) atoms. The van der Waals surface area contributed by atoms with Crippen LogP contribution in [0.3, 0.4) is 0 Å². The van der Waals surface area contributed by atoms with E-state index in [4.69, 9.17) is 4.74 Å². The number of amides is 1. The number of nitrogens with zero attached hydrogens (tertiary/aromatic N) is 2. The fourth-order valence-corrected chi connectivity index (χ4v) is 2.14. The molecule has 3 rings (SSSR count). The van der Waals surface area contributed by atoms with Gasteiger partial charge in [-0.1, -0.05) is 24.3 Å². The van der Waals surface area contributed by atoms with Crippen molar-refractivity contribution in [1.29, 1.82) is 0 Å². The van der Waals surface area contributed by atoms with E-state index in [9.17, 15) is 4.79 Å². The van der Waals surface area contributed by atoms with Crippen LogP contribution in [0, 0.1) is 0 Å². The smallest absolute Gasteiger partial charge is 0.251 e. The van der Waals surface area contributed by atoms with Crippen LogP contribution in [0.4, 0.5) is 0 Å². The number of para-hydroxylation sites is 1. The van der Waals surface area contributed by atoms with Crippen LogP contribution in [-0.4, -0.2) is 22.2 Å².